The minimum Gasteiger partial charge on any atom is -0.496 e. The summed E-state index contributed by atoms with van der Waals surface area (Å²) in [6, 6.07) is 5.32. The number of methoxy groups -OCH3 is 2. The van der Waals surface area contributed by atoms with Crippen molar-refractivity contribution in [2.24, 2.45) is 0 Å². The molecular weight excluding hydrogens is 467 g/mol. The summed E-state index contributed by atoms with van der Waals surface area (Å²) in [5.41, 5.74) is 2.76. The van der Waals surface area contributed by atoms with E-state index in [0.29, 0.717) is 40.1 Å². The maximum atomic E-state index is 12.8. The van der Waals surface area contributed by atoms with E-state index in [0.717, 1.165) is 12.1 Å². The van der Waals surface area contributed by atoms with Crippen molar-refractivity contribution in [3.8, 4) is 22.8 Å². The van der Waals surface area contributed by atoms with E-state index in [1.54, 1.807) is 26.3 Å². The van der Waals surface area contributed by atoms with Gasteiger partial charge in [-0.3, -0.25) is 9.59 Å². The van der Waals surface area contributed by atoms with Crippen molar-refractivity contribution in [2.45, 2.75) is 39.1 Å². The quantitative estimate of drug-likeness (QED) is 0.443. The molecular formula is C24H24F3N3O5. The van der Waals surface area contributed by atoms with Crippen LogP contribution < -0.4 is 14.4 Å². The zero-order chi connectivity index (χ0) is 25.5. The third-order valence-electron chi connectivity index (χ3n) is 5.88. The lowest BCUT2D eigenvalue weighted by Gasteiger charge is -2.24. The molecule has 1 aliphatic heterocycles. The monoisotopic (exact) mass is 491 g/mol. The van der Waals surface area contributed by atoms with Crippen LogP contribution in [0.5, 0.6) is 11.5 Å². The van der Waals surface area contributed by atoms with Gasteiger partial charge in [0, 0.05) is 43.3 Å². The van der Waals surface area contributed by atoms with E-state index in [1.807, 2.05) is 11.5 Å². The molecule has 0 N–H and O–H groups in total. The molecule has 0 spiro atoms. The number of benzene rings is 1. The molecule has 8 nitrogen and oxygen atoms in total. The Morgan fingerprint density at radius 1 is 1.11 bits per heavy atom. The molecule has 1 aliphatic rings. The van der Waals surface area contributed by atoms with E-state index in [4.69, 9.17) is 14.5 Å². The molecule has 186 valence electrons. The molecule has 0 saturated carbocycles. The van der Waals surface area contributed by atoms with E-state index in [9.17, 15) is 22.8 Å². The van der Waals surface area contributed by atoms with Crippen molar-refractivity contribution in [1.29, 1.82) is 0 Å². The first-order valence-electron chi connectivity index (χ1n) is 10.9. The average molecular weight is 491 g/mol. The van der Waals surface area contributed by atoms with Crippen LogP contribution >= 0.6 is 0 Å². The summed E-state index contributed by atoms with van der Waals surface area (Å²) in [7, 11) is 2.90. The second kappa shape index (κ2) is 9.21. The molecule has 1 saturated heterocycles. The van der Waals surface area contributed by atoms with Gasteiger partial charge in [0.1, 0.15) is 11.5 Å². The zero-order valence-corrected chi connectivity index (χ0v) is 19.6. The highest BCUT2D eigenvalue weighted by molar-refractivity contribution is 6.23. The van der Waals surface area contributed by atoms with Crippen LogP contribution in [-0.4, -0.2) is 48.6 Å². The van der Waals surface area contributed by atoms with E-state index < -0.39 is 12.1 Å². The van der Waals surface area contributed by atoms with Gasteiger partial charge in [0.15, 0.2) is 0 Å². The molecule has 35 heavy (non-hydrogen) atoms. The van der Waals surface area contributed by atoms with Crippen LogP contribution in [0.1, 0.15) is 31.4 Å². The van der Waals surface area contributed by atoms with Crippen molar-refractivity contribution in [1.82, 2.24) is 9.55 Å². The molecule has 2 amide bonds. The standard InChI is InChI=1S/C24H24F3N3O5/c1-13(12-33-3)29-10-9-17-23(29)22(30-19(31)7-8-20(30)32)14(2)21(28-17)16-6-5-15(11-18(16)34-4)35-24(25,26)27/h5-6,9-11,13H,7-8,12H2,1-4H3/t13-/m0/s1. The highest BCUT2D eigenvalue weighted by Gasteiger charge is 2.36. The average Bonchev–Trinajstić information content (AvgIpc) is 3.36. The topological polar surface area (TPSA) is 82.9 Å². The number of alkyl halides is 3. The second-order valence-corrected chi connectivity index (χ2v) is 8.23. The maximum absolute atomic E-state index is 12.8. The van der Waals surface area contributed by atoms with Gasteiger partial charge in [0.05, 0.1) is 42.2 Å². The van der Waals surface area contributed by atoms with E-state index in [-0.39, 0.29) is 36.4 Å². The molecule has 3 aromatic rings. The van der Waals surface area contributed by atoms with Crippen molar-refractivity contribution in [3.63, 3.8) is 0 Å². The molecule has 0 bridgehead atoms. The Morgan fingerprint density at radius 3 is 2.40 bits per heavy atom. The van der Waals surface area contributed by atoms with Crippen LogP contribution in [0.4, 0.5) is 18.9 Å². The number of pyridine rings is 1. The minimum atomic E-state index is -4.86. The predicted molar refractivity (Wildman–Crippen MR) is 121 cm³/mol. The van der Waals surface area contributed by atoms with Gasteiger partial charge in [-0.2, -0.15) is 0 Å². The number of ether oxygens (including phenoxy) is 3. The van der Waals surface area contributed by atoms with Crippen LogP contribution in [0.25, 0.3) is 22.3 Å². The lowest BCUT2D eigenvalue weighted by Crippen LogP contribution is -2.30. The molecule has 1 aromatic carbocycles. The summed E-state index contributed by atoms with van der Waals surface area (Å²) in [4.78, 5) is 31.4. The summed E-state index contributed by atoms with van der Waals surface area (Å²) in [5, 5.41) is 0. The Labute approximate surface area is 199 Å². The summed E-state index contributed by atoms with van der Waals surface area (Å²) in [6.07, 6.45) is -2.86. The number of rotatable bonds is 7. The Balaban J connectivity index is 1.97. The van der Waals surface area contributed by atoms with Gasteiger partial charge >= 0.3 is 6.36 Å². The largest absolute Gasteiger partial charge is 0.573 e. The Morgan fingerprint density at radius 2 is 1.80 bits per heavy atom. The molecule has 0 aliphatic carbocycles. The number of fused-ring (bicyclic) bond motifs is 1. The van der Waals surface area contributed by atoms with Crippen molar-refractivity contribution in [2.75, 3.05) is 25.7 Å². The van der Waals surface area contributed by atoms with Gasteiger partial charge < -0.3 is 18.8 Å². The van der Waals surface area contributed by atoms with Crippen molar-refractivity contribution >= 4 is 28.5 Å². The fraction of sp³-hybridized carbons (Fsp3) is 0.375. The smallest absolute Gasteiger partial charge is 0.496 e. The number of carbonyl (C=O) groups excluding carboxylic acids is 2. The number of imide groups is 1. The number of hydrogen-bond donors (Lipinski definition) is 0. The molecule has 0 radical (unpaired) electrons. The van der Waals surface area contributed by atoms with Gasteiger partial charge in [0.25, 0.3) is 0 Å². The SMILES string of the molecule is COC[C@H](C)n1ccc2nc(-c3ccc(OC(F)(F)F)cc3OC)c(C)c(N3C(=O)CCC3=O)c21. The number of anilines is 1. The third-order valence-corrected chi connectivity index (χ3v) is 5.88. The zero-order valence-electron chi connectivity index (χ0n) is 19.6. The van der Waals surface area contributed by atoms with E-state index >= 15 is 0 Å². The first-order valence-corrected chi connectivity index (χ1v) is 10.9. The summed E-state index contributed by atoms with van der Waals surface area (Å²) < 4.78 is 54.7. The molecule has 3 heterocycles. The summed E-state index contributed by atoms with van der Waals surface area (Å²) >= 11 is 0. The molecule has 2 aromatic heterocycles. The highest BCUT2D eigenvalue weighted by atomic mass is 19.4. The van der Waals surface area contributed by atoms with Gasteiger partial charge in [-0.25, -0.2) is 9.88 Å². The molecule has 0 unspecified atom stereocenters. The highest BCUT2D eigenvalue weighted by Crippen LogP contribution is 2.42. The van der Waals surface area contributed by atoms with Gasteiger partial charge in [-0.1, -0.05) is 0 Å². The molecule has 4 rings (SSSR count). The first-order chi connectivity index (χ1) is 16.6. The Kier molecular flexibility index (Phi) is 6.46. The number of nitrogens with zero attached hydrogens (tertiary/aromatic N) is 3. The fourth-order valence-corrected chi connectivity index (χ4v) is 4.38. The minimum absolute atomic E-state index is 0.0958. The number of carbonyl (C=O) groups is 2. The van der Waals surface area contributed by atoms with Crippen molar-refractivity contribution < 1.29 is 37.0 Å². The Bertz CT molecular complexity index is 1290. The van der Waals surface area contributed by atoms with Crippen LogP contribution in [0, 0.1) is 6.92 Å². The molecule has 1 fully saturated rings. The Hall–Kier alpha value is -3.60. The number of halogens is 3. The first kappa shape index (κ1) is 24.5. The third kappa shape index (κ3) is 4.55. The van der Waals surface area contributed by atoms with Crippen molar-refractivity contribution in [3.05, 3.63) is 36.0 Å². The second-order valence-electron chi connectivity index (χ2n) is 8.23. The van der Waals surface area contributed by atoms with E-state index in [2.05, 4.69) is 4.74 Å². The van der Waals surface area contributed by atoms with Gasteiger partial charge in [0.2, 0.25) is 11.8 Å². The van der Waals surface area contributed by atoms with Crippen LogP contribution in [0.2, 0.25) is 0 Å². The molecule has 11 heteroatoms. The number of aromatic nitrogens is 2. The van der Waals surface area contributed by atoms with Crippen LogP contribution in [0.15, 0.2) is 30.5 Å². The molecule has 1 atom stereocenters. The van der Waals surface area contributed by atoms with Gasteiger partial charge in [-0.15, -0.1) is 13.2 Å². The normalized spacial score (nSPS) is 15.2. The van der Waals surface area contributed by atoms with E-state index in [1.165, 1.54) is 18.1 Å². The maximum Gasteiger partial charge on any atom is 0.573 e. The predicted octanol–water partition coefficient (Wildman–Crippen LogP) is 4.78. The number of amides is 2. The lowest BCUT2D eigenvalue weighted by atomic mass is 10.0. The summed E-state index contributed by atoms with van der Waals surface area (Å²) in [5.74, 6) is -1.01. The van der Waals surface area contributed by atoms with Crippen LogP contribution in [0.3, 0.4) is 0 Å². The fourth-order valence-electron chi connectivity index (χ4n) is 4.38. The van der Waals surface area contributed by atoms with Crippen LogP contribution in [-0.2, 0) is 14.3 Å². The number of hydrogen-bond acceptors (Lipinski definition) is 6. The lowest BCUT2D eigenvalue weighted by molar-refractivity contribution is -0.274. The van der Waals surface area contributed by atoms with Gasteiger partial charge in [-0.05, 0) is 32.0 Å². The summed E-state index contributed by atoms with van der Waals surface area (Å²) in [6.45, 7) is 4.04.